The number of aliphatic imine (C=N–C) groups is 1. The highest BCUT2D eigenvalue weighted by Gasteiger charge is 2.21. The first kappa shape index (κ1) is 13.1. The molecule has 3 rings (SSSR count). The predicted molar refractivity (Wildman–Crippen MR) is 85.3 cm³/mol. The maximum atomic E-state index is 4.70. The molecule has 20 heavy (non-hydrogen) atoms. The third-order valence-corrected chi connectivity index (χ3v) is 4.16. The molecule has 4 heteroatoms. The summed E-state index contributed by atoms with van der Waals surface area (Å²) < 4.78 is 0. The maximum Gasteiger partial charge on any atom is 0.127 e. The minimum Gasteiger partial charge on any atom is -0.358 e. The van der Waals surface area contributed by atoms with Crippen LogP contribution in [0.25, 0.3) is 5.57 Å². The molecule has 0 atom stereocenters. The second kappa shape index (κ2) is 4.87. The van der Waals surface area contributed by atoms with E-state index in [0.717, 1.165) is 33.4 Å². The van der Waals surface area contributed by atoms with Crippen LogP contribution in [0, 0.1) is 13.8 Å². The lowest BCUT2D eigenvalue weighted by Crippen LogP contribution is -1.95. The van der Waals surface area contributed by atoms with Crippen molar-refractivity contribution in [1.82, 2.24) is 9.97 Å². The van der Waals surface area contributed by atoms with E-state index in [1.807, 2.05) is 18.5 Å². The van der Waals surface area contributed by atoms with E-state index < -0.39 is 0 Å². The molecule has 102 valence electrons. The number of thiazole rings is 1. The van der Waals surface area contributed by atoms with Crippen LogP contribution in [0.2, 0.25) is 0 Å². The van der Waals surface area contributed by atoms with Crippen molar-refractivity contribution in [3.8, 4) is 0 Å². The molecule has 2 aromatic rings. The van der Waals surface area contributed by atoms with Crippen LogP contribution in [0.15, 0.2) is 40.0 Å². The van der Waals surface area contributed by atoms with Gasteiger partial charge in [-0.15, -0.1) is 11.3 Å². The molecule has 0 amide bonds. The number of nitrogens with one attached hydrogen (secondary N) is 1. The summed E-state index contributed by atoms with van der Waals surface area (Å²) in [7, 11) is 0. The Kier molecular flexibility index (Phi) is 3.18. The third-order valence-electron chi connectivity index (χ3n) is 3.37. The van der Waals surface area contributed by atoms with Gasteiger partial charge in [0.15, 0.2) is 0 Å². The van der Waals surface area contributed by atoms with Crippen LogP contribution in [-0.2, 0) is 0 Å². The summed E-state index contributed by atoms with van der Waals surface area (Å²) in [6, 6.07) is 2.16. The molecule has 2 aromatic heterocycles. The zero-order chi connectivity index (χ0) is 14.3. The summed E-state index contributed by atoms with van der Waals surface area (Å²) in [5.74, 6) is 0. The lowest BCUT2D eigenvalue weighted by Gasteiger charge is -2.08. The van der Waals surface area contributed by atoms with Gasteiger partial charge in [-0.1, -0.05) is 0 Å². The average molecular weight is 283 g/mol. The first-order chi connectivity index (χ1) is 9.56. The number of aromatic nitrogens is 2. The highest BCUT2D eigenvalue weighted by molar-refractivity contribution is 7.10. The fourth-order valence-corrected chi connectivity index (χ4v) is 3.28. The lowest BCUT2D eigenvalue weighted by molar-refractivity contribution is 1.20. The van der Waals surface area contributed by atoms with Crippen molar-refractivity contribution >= 4 is 22.6 Å². The number of hydrogen-bond donors (Lipinski definition) is 1. The van der Waals surface area contributed by atoms with Crippen molar-refractivity contribution in [3.63, 3.8) is 0 Å². The predicted octanol–water partition coefficient (Wildman–Crippen LogP) is 4.27. The molecule has 0 radical (unpaired) electrons. The number of H-pyrrole nitrogens is 1. The van der Waals surface area contributed by atoms with Gasteiger partial charge in [0, 0.05) is 23.0 Å². The summed E-state index contributed by atoms with van der Waals surface area (Å²) in [5.41, 5.74) is 7.89. The monoisotopic (exact) mass is 283 g/mol. The Morgan fingerprint density at radius 3 is 2.50 bits per heavy atom. The largest absolute Gasteiger partial charge is 0.358 e. The van der Waals surface area contributed by atoms with Crippen molar-refractivity contribution in [2.24, 2.45) is 4.99 Å². The van der Waals surface area contributed by atoms with Gasteiger partial charge < -0.3 is 4.98 Å². The van der Waals surface area contributed by atoms with E-state index in [9.17, 15) is 0 Å². The molecule has 0 bridgehead atoms. The zero-order valence-electron chi connectivity index (χ0n) is 12.1. The van der Waals surface area contributed by atoms with Crippen molar-refractivity contribution < 1.29 is 0 Å². The molecular weight excluding hydrogens is 266 g/mol. The quantitative estimate of drug-likeness (QED) is 0.878. The fraction of sp³-hybridized carbons (Fsp3) is 0.250. The first-order valence-corrected chi connectivity index (χ1v) is 7.49. The van der Waals surface area contributed by atoms with E-state index in [-0.39, 0.29) is 0 Å². The maximum absolute atomic E-state index is 4.70. The summed E-state index contributed by atoms with van der Waals surface area (Å²) in [5, 5.41) is 3.02. The molecule has 3 heterocycles. The molecule has 0 fully saturated rings. The molecule has 0 spiro atoms. The van der Waals surface area contributed by atoms with E-state index in [1.165, 1.54) is 11.1 Å². The Labute approximate surface area is 122 Å². The van der Waals surface area contributed by atoms with Crippen LogP contribution in [0.5, 0.6) is 0 Å². The van der Waals surface area contributed by atoms with E-state index in [1.54, 1.807) is 11.3 Å². The topological polar surface area (TPSA) is 41.0 Å². The van der Waals surface area contributed by atoms with E-state index >= 15 is 0 Å². The number of rotatable bonds is 2. The standard InChI is InChI=1S/C16H17N3S/c1-9-7-11(3)18-14(9)13(16-17-5-6-20-16)15-10(2)8-12(4)19-15/h5-8,18H,1-4H3. The van der Waals surface area contributed by atoms with Crippen molar-refractivity contribution in [1.29, 1.82) is 0 Å². The zero-order valence-corrected chi connectivity index (χ0v) is 12.9. The van der Waals surface area contributed by atoms with Gasteiger partial charge in [0.1, 0.15) is 5.01 Å². The van der Waals surface area contributed by atoms with Crippen molar-refractivity contribution in [2.45, 2.75) is 27.7 Å². The van der Waals surface area contributed by atoms with Gasteiger partial charge in [0.2, 0.25) is 0 Å². The van der Waals surface area contributed by atoms with E-state index in [0.29, 0.717) is 0 Å². The normalized spacial score (nSPS) is 17.2. The van der Waals surface area contributed by atoms with Crippen LogP contribution in [0.1, 0.15) is 35.8 Å². The molecule has 1 N–H and O–H groups in total. The molecule has 0 unspecified atom stereocenters. The molecule has 3 nitrogen and oxygen atoms in total. The minimum absolute atomic E-state index is 1.01. The number of aromatic amines is 1. The van der Waals surface area contributed by atoms with Gasteiger partial charge in [-0.2, -0.15) is 0 Å². The number of aryl methyl sites for hydroxylation is 2. The smallest absolute Gasteiger partial charge is 0.127 e. The molecule has 0 saturated heterocycles. The van der Waals surface area contributed by atoms with Crippen molar-refractivity contribution in [3.05, 3.63) is 56.9 Å². The highest BCUT2D eigenvalue weighted by atomic mass is 32.1. The number of nitrogens with zero attached hydrogens (tertiary/aromatic N) is 2. The van der Waals surface area contributed by atoms with Gasteiger partial charge in [0.25, 0.3) is 0 Å². The van der Waals surface area contributed by atoms with Gasteiger partial charge in [0.05, 0.1) is 17.0 Å². The molecule has 1 aliphatic heterocycles. The summed E-state index contributed by atoms with van der Waals surface area (Å²) in [4.78, 5) is 12.7. The van der Waals surface area contributed by atoms with Crippen LogP contribution in [0.3, 0.4) is 0 Å². The highest BCUT2D eigenvalue weighted by Crippen LogP contribution is 2.35. The number of allylic oxidation sites excluding steroid dienone is 2. The van der Waals surface area contributed by atoms with Gasteiger partial charge in [-0.25, -0.2) is 4.98 Å². The Bertz CT molecular complexity index is 743. The molecular formula is C16H17N3S. The fourth-order valence-electron chi connectivity index (χ4n) is 2.59. The van der Waals surface area contributed by atoms with Gasteiger partial charge in [-0.3, -0.25) is 4.99 Å². The Morgan fingerprint density at radius 2 is 2.00 bits per heavy atom. The molecule has 0 aromatic carbocycles. The van der Waals surface area contributed by atoms with E-state index in [2.05, 4.69) is 42.9 Å². The lowest BCUT2D eigenvalue weighted by atomic mass is 10.0. The molecule has 1 aliphatic rings. The molecule has 0 aliphatic carbocycles. The van der Waals surface area contributed by atoms with Gasteiger partial charge >= 0.3 is 0 Å². The SMILES string of the molecule is CC1=CC(C)=NC1=C(c1nccs1)c1[nH]c(C)cc1C. The Morgan fingerprint density at radius 1 is 1.20 bits per heavy atom. The van der Waals surface area contributed by atoms with Gasteiger partial charge in [-0.05, 0) is 51.0 Å². The van der Waals surface area contributed by atoms with E-state index in [4.69, 9.17) is 4.99 Å². The summed E-state index contributed by atoms with van der Waals surface area (Å²) in [6.07, 6.45) is 3.96. The second-order valence-electron chi connectivity index (χ2n) is 5.15. The summed E-state index contributed by atoms with van der Waals surface area (Å²) in [6.45, 7) is 8.33. The Hall–Kier alpha value is -1.94. The van der Waals surface area contributed by atoms with Crippen molar-refractivity contribution in [2.75, 3.05) is 0 Å². The number of hydrogen-bond acceptors (Lipinski definition) is 3. The average Bonchev–Trinajstić information content (AvgIpc) is 3.05. The molecule has 0 saturated carbocycles. The minimum atomic E-state index is 1.01. The van der Waals surface area contributed by atoms with Crippen LogP contribution < -0.4 is 0 Å². The van der Waals surface area contributed by atoms with Crippen LogP contribution in [0.4, 0.5) is 0 Å². The first-order valence-electron chi connectivity index (χ1n) is 6.61. The second-order valence-corrected chi connectivity index (χ2v) is 6.05. The van der Waals surface area contributed by atoms with Crippen LogP contribution >= 0.6 is 11.3 Å². The Balaban J connectivity index is 2.29. The third kappa shape index (κ3) is 2.16. The van der Waals surface area contributed by atoms with Crippen LogP contribution in [-0.4, -0.2) is 15.7 Å². The summed E-state index contributed by atoms with van der Waals surface area (Å²) >= 11 is 1.65.